The Balaban J connectivity index is 0.000000125. The van der Waals surface area contributed by atoms with E-state index >= 15 is 0 Å². The molecule has 18 rings (SSSR count). The zero-order chi connectivity index (χ0) is 75.6. The van der Waals surface area contributed by atoms with Crippen LogP contribution in [0, 0.1) is 17.8 Å². The van der Waals surface area contributed by atoms with Crippen LogP contribution in [0.5, 0.6) is 0 Å². The van der Waals surface area contributed by atoms with Gasteiger partial charge in [0.2, 0.25) is 0 Å². The van der Waals surface area contributed by atoms with E-state index in [-0.39, 0.29) is 113 Å². The van der Waals surface area contributed by atoms with Crippen LogP contribution in [0.2, 0.25) is 0 Å². The molecule has 0 unspecified atom stereocenters. The summed E-state index contributed by atoms with van der Waals surface area (Å²) in [5.74, 6) is 0.699. The van der Waals surface area contributed by atoms with Gasteiger partial charge in [-0.2, -0.15) is 30.6 Å². The van der Waals surface area contributed by atoms with Crippen LogP contribution in [0.4, 0.5) is 60.9 Å². The molecule has 3 aliphatic carbocycles. The maximum atomic E-state index is 13.8. The minimum Gasteiger partial charge on any atom is -0.477 e. The quantitative estimate of drug-likeness (QED) is 0.0367. The minimum absolute atomic E-state index is 0.00632. The second-order valence-corrected chi connectivity index (χ2v) is 28.6. The first-order valence-corrected chi connectivity index (χ1v) is 35.9. The van der Waals surface area contributed by atoms with Crippen molar-refractivity contribution in [3.63, 3.8) is 0 Å². The number of anilines is 6. The molecular formula is C69H83F6N21O10. The number of ether oxygens (including phenoxy) is 3. The molecule has 6 saturated heterocycles. The van der Waals surface area contributed by atoms with Gasteiger partial charge in [0.05, 0.1) is 110 Å². The molecule has 6 aliphatic heterocycles. The largest absolute Gasteiger partial charge is 0.477 e. The maximum absolute atomic E-state index is 13.8. The number of aliphatic hydroxyl groups is 2. The molecule has 7 N–H and O–H groups in total. The van der Waals surface area contributed by atoms with Crippen molar-refractivity contribution in [1.29, 1.82) is 0 Å². The van der Waals surface area contributed by atoms with Crippen molar-refractivity contribution < 1.29 is 78.0 Å². The molecule has 106 heavy (non-hydrogen) atoms. The zero-order valence-corrected chi connectivity index (χ0v) is 57.5. The molecule has 2 amide bonds. The van der Waals surface area contributed by atoms with E-state index in [1.807, 2.05) is 18.2 Å². The third-order valence-corrected chi connectivity index (χ3v) is 22.0. The van der Waals surface area contributed by atoms with Crippen molar-refractivity contribution in [2.45, 2.75) is 170 Å². The van der Waals surface area contributed by atoms with Gasteiger partial charge in [-0.05, 0) is 126 Å². The first-order valence-electron chi connectivity index (χ1n) is 36.9. The molecule has 6 bridgehead atoms. The number of carboxylic acid groups (broad SMARTS) is 1. The molecule has 0 aromatic carbocycles. The number of aldehydes is 1. The average molecular weight is 1480 g/mol. The zero-order valence-electron chi connectivity index (χ0n) is 59.5. The lowest BCUT2D eigenvalue weighted by atomic mass is 9.87. The van der Waals surface area contributed by atoms with Crippen LogP contribution in [0.3, 0.4) is 0 Å². The number of nitrogens with zero attached hydrogens (tertiary/aromatic N) is 18. The van der Waals surface area contributed by atoms with Crippen LogP contribution in [-0.2, 0) is 19.0 Å². The van der Waals surface area contributed by atoms with Crippen molar-refractivity contribution in [2.24, 2.45) is 17.8 Å². The topological polar surface area (TPSA) is 360 Å². The maximum Gasteiger partial charge on any atom is 0.341 e. The fraction of sp³-hybridized carbons (Fsp3) is 0.551. The Morgan fingerprint density at radius 2 is 0.877 bits per heavy atom. The lowest BCUT2D eigenvalue weighted by Crippen LogP contribution is -2.37. The summed E-state index contributed by atoms with van der Waals surface area (Å²) >= 11 is 0. The van der Waals surface area contributed by atoms with Crippen LogP contribution in [0.15, 0.2) is 74.0 Å². The molecule has 9 aromatic heterocycles. The number of carboxylic acids is 1. The number of carbonyl (C=O) groups is 4. The highest BCUT2D eigenvalue weighted by Crippen LogP contribution is 2.40. The molecule has 15 heterocycles. The number of fused-ring (bicyclic) bond motifs is 9. The van der Waals surface area contributed by atoms with Gasteiger partial charge in [0, 0.05) is 78.9 Å². The summed E-state index contributed by atoms with van der Waals surface area (Å²) in [5.41, 5.74) is 5.85. The number of hydrogen-bond donors (Lipinski definition) is 6. The van der Waals surface area contributed by atoms with Crippen molar-refractivity contribution in [2.75, 3.05) is 83.7 Å². The predicted molar refractivity (Wildman–Crippen MR) is 370 cm³/mol. The van der Waals surface area contributed by atoms with E-state index in [0.717, 1.165) is 121 Å². The van der Waals surface area contributed by atoms with Crippen molar-refractivity contribution in [1.82, 2.24) is 73.1 Å². The van der Waals surface area contributed by atoms with Crippen molar-refractivity contribution in [3.05, 3.63) is 108 Å². The Hall–Kier alpha value is -9.85. The van der Waals surface area contributed by atoms with E-state index in [4.69, 9.17) is 33.1 Å². The lowest BCUT2D eigenvalue weighted by Gasteiger charge is -2.27. The number of halogens is 6. The molecule has 0 spiro atoms. The molecule has 566 valence electrons. The van der Waals surface area contributed by atoms with E-state index in [9.17, 15) is 50.6 Å². The minimum atomic E-state index is -2.85. The van der Waals surface area contributed by atoms with Gasteiger partial charge < -0.3 is 65.4 Å². The van der Waals surface area contributed by atoms with Crippen molar-refractivity contribution >= 4 is 75.5 Å². The third-order valence-electron chi connectivity index (χ3n) is 22.0. The highest BCUT2D eigenvalue weighted by atomic mass is 19.3. The van der Waals surface area contributed by atoms with E-state index in [2.05, 4.69) is 70.9 Å². The molecular weight excluding hydrogens is 1400 g/mol. The fourth-order valence-electron chi connectivity index (χ4n) is 16.1. The van der Waals surface area contributed by atoms with Crippen LogP contribution >= 0.6 is 0 Å². The predicted octanol–water partition coefficient (Wildman–Crippen LogP) is 8.62. The van der Waals surface area contributed by atoms with Gasteiger partial charge >= 0.3 is 5.97 Å². The Morgan fingerprint density at radius 1 is 0.528 bits per heavy atom. The van der Waals surface area contributed by atoms with Gasteiger partial charge in [0.25, 0.3) is 31.1 Å². The summed E-state index contributed by atoms with van der Waals surface area (Å²) in [7, 11) is 0. The SMILES string of the molecule is Nc1cn(C2CCC(CO)CC2)nc1C(F)F.O=C(Nc1cn(C2CCC(CO)CC2)nc1C(F)F)c1cnn2ccc(N3C[C@H]4C[C@@H]3CO4)nc12.O=C(O)c1cnn2ccc(N3C[C@H]4C[C@@H]3CO4)nc12.O=CC1CCC(n2cc(NC(=O)c3cnn4ccc(N5C[C@H]6C[C@@H]5CO6)nc34)c(C(F)F)n2)CC1.[2H][3H]. The molecule has 3 saturated carbocycles. The van der Waals surface area contributed by atoms with E-state index in [1.54, 1.807) is 23.3 Å². The summed E-state index contributed by atoms with van der Waals surface area (Å²) in [4.78, 5) is 68.7. The first-order chi connectivity index (χ1) is 52.3. The molecule has 6 atom stereocenters. The van der Waals surface area contributed by atoms with E-state index < -0.39 is 48.4 Å². The molecule has 37 heteroatoms. The lowest BCUT2D eigenvalue weighted by molar-refractivity contribution is -0.112. The van der Waals surface area contributed by atoms with Gasteiger partial charge in [-0.1, -0.05) is 0 Å². The van der Waals surface area contributed by atoms with Gasteiger partial charge in [-0.25, -0.2) is 59.6 Å². The Kier molecular flexibility index (Phi) is 20.3. The Bertz CT molecular complexity index is 4650. The number of aromatic carboxylic acids is 1. The Labute approximate surface area is 604 Å². The summed E-state index contributed by atoms with van der Waals surface area (Å²) in [6, 6.07) is 6.46. The van der Waals surface area contributed by atoms with Crippen LogP contribution in [0.1, 0.15) is 185 Å². The van der Waals surface area contributed by atoms with E-state index in [1.165, 1.54) is 60.1 Å². The van der Waals surface area contributed by atoms with Crippen LogP contribution < -0.4 is 31.1 Å². The van der Waals surface area contributed by atoms with Gasteiger partial charge in [0.15, 0.2) is 34.0 Å². The second-order valence-electron chi connectivity index (χ2n) is 28.6. The molecule has 9 fully saturated rings. The van der Waals surface area contributed by atoms with Crippen LogP contribution in [0.25, 0.3) is 16.9 Å². The Morgan fingerprint density at radius 3 is 1.20 bits per heavy atom. The normalized spacial score (nSPS) is 26.0. The molecule has 9 aromatic rings. The third kappa shape index (κ3) is 14.8. The van der Waals surface area contributed by atoms with E-state index in [0.29, 0.717) is 67.8 Å². The highest BCUT2D eigenvalue weighted by molar-refractivity contribution is 6.09. The number of morpholine rings is 3. The number of hydrogen-bond acceptors (Lipinski definition) is 22. The summed E-state index contributed by atoms with van der Waals surface area (Å²) in [6.07, 6.45) is 19.4. The van der Waals surface area contributed by atoms with Crippen LogP contribution in [-0.4, -0.2) is 202 Å². The molecule has 9 aliphatic rings. The number of rotatable bonds is 17. The van der Waals surface area contributed by atoms with Gasteiger partial charge in [-0.3, -0.25) is 23.6 Å². The number of amides is 2. The smallest absolute Gasteiger partial charge is 0.341 e. The highest BCUT2D eigenvalue weighted by Gasteiger charge is 2.43. The van der Waals surface area contributed by atoms with Gasteiger partial charge in [-0.15, -0.1) is 0 Å². The number of carbonyl (C=O) groups excluding carboxylic acids is 3. The second kappa shape index (κ2) is 30.6. The first kappa shape index (κ1) is 70.5. The number of nitrogens with one attached hydrogen (secondary N) is 2. The number of aliphatic hydroxyl groups excluding tert-OH is 2. The molecule has 31 nitrogen and oxygen atoms in total. The van der Waals surface area contributed by atoms with Crippen molar-refractivity contribution in [3.8, 4) is 0 Å². The molecule has 0 radical (unpaired) electrons. The number of aromatic nitrogens is 15. The number of alkyl halides is 6. The summed E-state index contributed by atoms with van der Waals surface area (Å²) < 4.78 is 116. The number of nitrogen functional groups attached to an aromatic ring is 1. The summed E-state index contributed by atoms with van der Waals surface area (Å²) in [6.45, 7) is 4.70. The monoisotopic (exact) mass is 1480 g/mol. The average Bonchev–Trinajstić information content (AvgIpc) is 1.62. The van der Waals surface area contributed by atoms with Gasteiger partial charge in [0.1, 0.15) is 40.4 Å². The number of nitrogens with two attached hydrogens (primary N) is 1. The standard InChI is InChI=1S/C23H27F2N7O3.C23H25F2N7O3.C12H12N4O3.C11H17F2N3O.H2/c2*24-21(25)20-18(10-32(29-20)14-3-1-13(11-33)2-4-14)27-23(34)17-8-26-31-6-5-19(28-22(17)31)30-9-16-7-15(30)12-35-16;17-12(18)9-4-13-16-2-1-10(14-11(9)16)15-5-8-3-7(15)6-19-8;12-11(13)10-9(14)5-16(15-10)8-3-1-7(6-17)2-4-8;/h5-6,8,10,13-16,21,33H,1-4,7,9,11-12H2,(H,27,34);5-6,8,10-11,13-16,21H,1-4,7,9,12H2,(H,27,34);1-2,4,7-8H,3,5-6H2,(H,17,18);5,7-8,11,17H,1-4,6,14H2;1H/t2*13?,14?,15-,16-;7-,8-;;/m111../s1/i;;;;1+2D. The fourth-order valence-corrected chi connectivity index (χ4v) is 16.1. The summed E-state index contributed by atoms with van der Waals surface area (Å²) in [5, 5.41) is 57.1.